The van der Waals surface area contributed by atoms with Gasteiger partial charge in [0.2, 0.25) is 5.91 Å². The first-order valence-electron chi connectivity index (χ1n) is 9.20. The molecule has 28 heavy (non-hydrogen) atoms. The third kappa shape index (κ3) is 3.74. The van der Waals surface area contributed by atoms with E-state index < -0.39 is 0 Å². The van der Waals surface area contributed by atoms with Crippen LogP contribution in [0.1, 0.15) is 12.2 Å². The van der Waals surface area contributed by atoms with Gasteiger partial charge in [0.1, 0.15) is 11.6 Å². The van der Waals surface area contributed by atoms with Crippen LogP contribution in [0.2, 0.25) is 0 Å². The molecule has 0 radical (unpaired) electrons. The number of carbonyl (C=O) groups is 1. The lowest BCUT2D eigenvalue weighted by molar-refractivity contribution is -0.116. The monoisotopic (exact) mass is 371 g/mol. The molecule has 0 saturated carbocycles. The van der Waals surface area contributed by atoms with E-state index in [1.807, 2.05) is 60.7 Å². The van der Waals surface area contributed by atoms with Crippen LogP contribution in [0, 0.1) is 0 Å². The highest BCUT2D eigenvalue weighted by atomic mass is 16.5. The number of amides is 1. The van der Waals surface area contributed by atoms with Gasteiger partial charge in [-0.15, -0.1) is 0 Å². The number of anilines is 1. The second kappa shape index (κ2) is 7.96. The summed E-state index contributed by atoms with van der Waals surface area (Å²) in [5.74, 6) is 1.59. The zero-order valence-corrected chi connectivity index (χ0v) is 15.6. The number of nitrogens with zero attached hydrogens (tertiary/aromatic N) is 2. The Morgan fingerprint density at radius 1 is 0.964 bits per heavy atom. The second-order valence-electron chi connectivity index (χ2n) is 6.46. The average molecular weight is 371 g/mol. The second-order valence-corrected chi connectivity index (χ2v) is 6.46. The van der Waals surface area contributed by atoms with Crippen molar-refractivity contribution in [3.63, 3.8) is 0 Å². The first-order valence-corrected chi connectivity index (χ1v) is 9.20. The molecule has 5 nitrogen and oxygen atoms in total. The Labute approximate surface area is 163 Å². The predicted molar refractivity (Wildman–Crippen MR) is 111 cm³/mol. The lowest BCUT2D eigenvalue weighted by atomic mass is 10.2. The number of aryl methyl sites for hydroxylation is 1. The Balaban J connectivity index is 1.53. The fraction of sp³-hybridized carbons (Fsp3) is 0.130. The molecule has 0 aliphatic rings. The summed E-state index contributed by atoms with van der Waals surface area (Å²) in [6.45, 7) is 0. The summed E-state index contributed by atoms with van der Waals surface area (Å²) in [7, 11) is 1.62. The molecule has 3 aromatic carbocycles. The minimum atomic E-state index is -0.0446. The van der Waals surface area contributed by atoms with Crippen LogP contribution in [0.3, 0.4) is 0 Å². The van der Waals surface area contributed by atoms with Crippen LogP contribution in [-0.4, -0.2) is 22.6 Å². The molecular formula is C23H21N3O2. The van der Waals surface area contributed by atoms with Gasteiger partial charge in [-0.2, -0.15) is 0 Å². The Morgan fingerprint density at radius 3 is 2.43 bits per heavy atom. The molecule has 4 aromatic rings. The highest BCUT2D eigenvalue weighted by molar-refractivity contribution is 5.91. The molecule has 0 unspecified atom stereocenters. The van der Waals surface area contributed by atoms with Crippen molar-refractivity contribution in [1.29, 1.82) is 0 Å². The van der Waals surface area contributed by atoms with Crippen LogP contribution in [0.5, 0.6) is 5.75 Å². The summed E-state index contributed by atoms with van der Waals surface area (Å²) >= 11 is 0. The predicted octanol–water partition coefficient (Wildman–Crippen LogP) is 4.61. The third-order valence-electron chi connectivity index (χ3n) is 4.59. The highest BCUT2D eigenvalue weighted by Crippen LogP contribution is 2.22. The van der Waals surface area contributed by atoms with Crippen molar-refractivity contribution in [1.82, 2.24) is 9.55 Å². The summed E-state index contributed by atoms with van der Waals surface area (Å²) in [5.41, 5.74) is 3.76. The number of imidazole rings is 1. The number of carbonyl (C=O) groups excluding carboxylic acids is 1. The molecule has 0 saturated heterocycles. The molecule has 5 heteroatoms. The molecule has 1 aromatic heterocycles. The number of nitrogens with one attached hydrogen (secondary N) is 1. The standard InChI is InChI=1S/C23H21N3O2/c1-28-19-13-11-17(12-14-19)24-23(27)16-15-22-25-20-9-5-6-10-21(20)26(22)18-7-3-2-4-8-18/h2-14H,15-16H2,1H3,(H,24,27). The van der Waals surface area contributed by atoms with Crippen LogP contribution in [0.25, 0.3) is 16.7 Å². The molecule has 4 rings (SSSR count). The van der Waals surface area contributed by atoms with Crippen molar-refractivity contribution in [2.75, 3.05) is 12.4 Å². The van der Waals surface area contributed by atoms with Gasteiger partial charge in [0.15, 0.2) is 0 Å². The first-order chi connectivity index (χ1) is 13.7. The van der Waals surface area contributed by atoms with Gasteiger partial charge in [0, 0.05) is 24.2 Å². The van der Waals surface area contributed by atoms with Gasteiger partial charge < -0.3 is 10.1 Å². The molecule has 0 spiro atoms. The SMILES string of the molecule is COc1ccc(NC(=O)CCc2nc3ccccc3n2-c2ccccc2)cc1. The maximum Gasteiger partial charge on any atom is 0.224 e. The third-order valence-corrected chi connectivity index (χ3v) is 4.59. The topological polar surface area (TPSA) is 56.1 Å². The minimum absolute atomic E-state index is 0.0446. The molecule has 0 fully saturated rings. The number of methoxy groups -OCH3 is 1. The van der Waals surface area contributed by atoms with Crippen molar-refractivity contribution in [2.45, 2.75) is 12.8 Å². The van der Waals surface area contributed by atoms with E-state index in [-0.39, 0.29) is 5.91 Å². The Morgan fingerprint density at radius 2 is 1.68 bits per heavy atom. The van der Waals surface area contributed by atoms with Gasteiger partial charge in [0.05, 0.1) is 18.1 Å². The summed E-state index contributed by atoms with van der Waals surface area (Å²) in [5, 5.41) is 2.92. The van der Waals surface area contributed by atoms with Crippen LogP contribution in [0.4, 0.5) is 5.69 Å². The van der Waals surface area contributed by atoms with E-state index >= 15 is 0 Å². The number of aromatic nitrogens is 2. The number of benzene rings is 3. The van der Waals surface area contributed by atoms with Crippen molar-refractivity contribution in [2.24, 2.45) is 0 Å². The zero-order valence-electron chi connectivity index (χ0n) is 15.6. The van der Waals surface area contributed by atoms with Gasteiger partial charge in [-0.3, -0.25) is 9.36 Å². The van der Waals surface area contributed by atoms with E-state index in [0.717, 1.165) is 34.0 Å². The lowest BCUT2D eigenvalue weighted by Crippen LogP contribution is -2.13. The molecule has 0 atom stereocenters. The molecule has 0 bridgehead atoms. The fourth-order valence-electron chi connectivity index (χ4n) is 3.23. The number of hydrogen-bond donors (Lipinski definition) is 1. The normalized spacial score (nSPS) is 10.8. The van der Waals surface area contributed by atoms with Gasteiger partial charge in [0.25, 0.3) is 0 Å². The molecule has 1 amide bonds. The highest BCUT2D eigenvalue weighted by Gasteiger charge is 2.13. The Kier molecular flexibility index (Phi) is 5.06. The summed E-state index contributed by atoms with van der Waals surface area (Å²) in [6, 6.07) is 25.4. The van der Waals surface area contributed by atoms with Crippen LogP contribution in [0.15, 0.2) is 78.9 Å². The smallest absolute Gasteiger partial charge is 0.224 e. The first kappa shape index (κ1) is 17.8. The van der Waals surface area contributed by atoms with E-state index in [1.54, 1.807) is 7.11 Å². The number of ether oxygens (including phenoxy) is 1. The van der Waals surface area contributed by atoms with Crippen molar-refractivity contribution >= 4 is 22.6 Å². The molecular weight excluding hydrogens is 350 g/mol. The number of hydrogen-bond acceptors (Lipinski definition) is 3. The van der Waals surface area contributed by atoms with Gasteiger partial charge in [-0.1, -0.05) is 30.3 Å². The van der Waals surface area contributed by atoms with Crippen molar-refractivity contribution in [3.8, 4) is 11.4 Å². The lowest BCUT2D eigenvalue weighted by Gasteiger charge is -2.10. The molecule has 1 N–H and O–H groups in total. The Hall–Kier alpha value is -3.60. The molecule has 1 heterocycles. The van der Waals surface area contributed by atoms with E-state index in [2.05, 4.69) is 28.1 Å². The van der Waals surface area contributed by atoms with Crippen LogP contribution < -0.4 is 10.1 Å². The Bertz CT molecular complexity index is 1090. The molecule has 140 valence electrons. The van der Waals surface area contributed by atoms with Gasteiger partial charge in [-0.05, 0) is 48.5 Å². The van der Waals surface area contributed by atoms with E-state index in [0.29, 0.717) is 12.8 Å². The number of para-hydroxylation sites is 3. The quantitative estimate of drug-likeness (QED) is 0.539. The zero-order chi connectivity index (χ0) is 19.3. The number of rotatable bonds is 6. The van der Waals surface area contributed by atoms with Crippen molar-refractivity contribution in [3.05, 3.63) is 84.7 Å². The van der Waals surface area contributed by atoms with E-state index in [9.17, 15) is 4.79 Å². The summed E-state index contributed by atoms with van der Waals surface area (Å²) in [6.07, 6.45) is 0.897. The molecule has 0 aliphatic heterocycles. The fourth-order valence-corrected chi connectivity index (χ4v) is 3.23. The van der Waals surface area contributed by atoms with Gasteiger partial charge >= 0.3 is 0 Å². The maximum atomic E-state index is 12.4. The summed E-state index contributed by atoms with van der Waals surface area (Å²) < 4.78 is 7.26. The van der Waals surface area contributed by atoms with Gasteiger partial charge in [-0.25, -0.2) is 4.98 Å². The average Bonchev–Trinajstić information content (AvgIpc) is 3.12. The van der Waals surface area contributed by atoms with Crippen molar-refractivity contribution < 1.29 is 9.53 Å². The number of fused-ring (bicyclic) bond motifs is 1. The van der Waals surface area contributed by atoms with Crippen LogP contribution >= 0.6 is 0 Å². The van der Waals surface area contributed by atoms with Crippen LogP contribution in [-0.2, 0) is 11.2 Å². The maximum absolute atomic E-state index is 12.4. The molecule has 0 aliphatic carbocycles. The largest absolute Gasteiger partial charge is 0.497 e. The minimum Gasteiger partial charge on any atom is -0.497 e. The van der Waals surface area contributed by atoms with E-state index in [4.69, 9.17) is 9.72 Å². The van der Waals surface area contributed by atoms with E-state index in [1.165, 1.54) is 0 Å². The summed E-state index contributed by atoms with van der Waals surface area (Å²) in [4.78, 5) is 17.2.